The number of urea groups is 1. The minimum absolute atomic E-state index is 0.150. The average molecular weight is 681 g/mol. The first-order chi connectivity index (χ1) is 22.6. The predicted molar refractivity (Wildman–Crippen MR) is 181 cm³/mol. The molecule has 2 amide bonds. The molecule has 3 aromatic carbocycles. The lowest BCUT2D eigenvalue weighted by molar-refractivity contribution is -0.136. The zero-order valence-corrected chi connectivity index (χ0v) is 27.8. The first-order valence-electron chi connectivity index (χ1n) is 14.9. The Bertz CT molecular complexity index is 1870. The molecule has 4 N–H and O–H groups in total. The Morgan fingerprint density at radius 3 is 2.64 bits per heavy atom. The smallest absolute Gasteiger partial charge is 0.337 e. The van der Waals surface area contributed by atoms with Gasteiger partial charge in [-0.15, -0.1) is 0 Å². The zero-order chi connectivity index (χ0) is 33.7. The number of aliphatic hydroxyl groups is 1. The first kappa shape index (κ1) is 33.6. The molecule has 0 saturated heterocycles. The van der Waals surface area contributed by atoms with Crippen LogP contribution in [0.25, 0.3) is 10.9 Å². The summed E-state index contributed by atoms with van der Waals surface area (Å²) in [6.07, 6.45) is 0.519. The molecule has 13 heteroatoms. The Hall–Kier alpha value is -4.71. The molecule has 5 rings (SSSR count). The van der Waals surface area contributed by atoms with E-state index in [1.165, 1.54) is 7.11 Å². The number of nitrogens with zero attached hydrogens (tertiary/aromatic N) is 2. The third-order valence-corrected chi connectivity index (χ3v) is 8.30. The number of fused-ring (bicyclic) bond motifs is 1. The SMILES string of the molecule is CCOc1cc([C@H]2NC(=O)NC(C)=C2C(=O)OC)ccc1OC[C@@H](O)N/N=C/c1c(C)n(Cc2ccc(Cl)cc2Cl)c2ccccc12. The number of methoxy groups -OCH3 is 1. The number of ether oxygens (including phenoxy) is 3. The number of allylic oxidation sites excluding steroid dienone is 1. The molecule has 0 aliphatic carbocycles. The maximum Gasteiger partial charge on any atom is 0.337 e. The standard InChI is InChI=1S/C34H35Cl2N5O6/c1-5-46-29-14-21(32-31(33(43)45-4)19(2)38-34(44)39-32)11-13-28(29)47-18-30(42)40-37-16-25-20(3)41(27-9-7-6-8-24(25)27)17-22-10-12-23(35)15-26(22)36/h6-16,30,32,40,42H,5,17-18H2,1-4H3,(H2,38,39,44)/b37-16+/t30-,32-/m1/s1. The number of carbonyl (C=O) groups excluding carboxylic acids is 2. The highest BCUT2D eigenvalue weighted by molar-refractivity contribution is 6.35. The van der Waals surface area contributed by atoms with Crippen molar-refractivity contribution in [2.75, 3.05) is 20.3 Å². The molecule has 11 nitrogen and oxygen atoms in total. The molecule has 2 atom stereocenters. The van der Waals surface area contributed by atoms with Crippen molar-refractivity contribution in [1.82, 2.24) is 20.6 Å². The van der Waals surface area contributed by atoms with Crippen LogP contribution in [0.2, 0.25) is 10.0 Å². The van der Waals surface area contributed by atoms with Gasteiger partial charge in [-0.05, 0) is 62.2 Å². The van der Waals surface area contributed by atoms with Crippen LogP contribution in [0.3, 0.4) is 0 Å². The number of aliphatic hydroxyl groups excluding tert-OH is 1. The van der Waals surface area contributed by atoms with Crippen LogP contribution in [0.5, 0.6) is 11.5 Å². The van der Waals surface area contributed by atoms with Crippen LogP contribution in [-0.4, -0.2) is 54.4 Å². The summed E-state index contributed by atoms with van der Waals surface area (Å²) < 4.78 is 18.8. The molecule has 1 aliphatic heterocycles. The molecular formula is C34H35Cl2N5O6. The highest BCUT2D eigenvalue weighted by Crippen LogP contribution is 2.35. The van der Waals surface area contributed by atoms with E-state index in [0.29, 0.717) is 46.0 Å². The third kappa shape index (κ3) is 7.48. The second-order valence-corrected chi connectivity index (χ2v) is 11.6. The van der Waals surface area contributed by atoms with Gasteiger partial charge in [0.25, 0.3) is 0 Å². The highest BCUT2D eigenvalue weighted by Gasteiger charge is 2.32. The number of para-hydroxylation sites is 1. The van der Waals surface area contributed by atoms with Crippen molar-refractivity contribution in [3.05, 3.63) is 104 Å². The second kappa shape index (κ2) is 14.8. The number of carbonyl (C=O) groups is 2. The highest BCUT2D eigenvalue weighted by atomic mass is 35.5. The minimum atomic E-state index is -1.15. The van der Waals surface area contributed by atoms with E-state index >= 15 is 0 Å². The van der Waals surface area contributed by atoms with Gasteiger partial charge in [0.15, 0.2) is 17.7 Å². The van der Waals surface area contributed by atoms with Crippen molar-refractivity contribution < 1.29 is 28.9 Å². The van der Waals surface area contributed by atoms with E-state index in [-0.39, 0.29) is 12.2 Å². The van der Waals surface area contributed by atoms with Crippen LogP contribution in [0.1, 0.15) is 42.3 Å². The lowest BCUT2D eigenvalue weighted by atomic mass is 9.95. The number of aromatic nitrogens is 1. The van der Waals surface area contributed by atoms with Crippen LogP contribution in [0.15, 0.2) is 77.0 Å². The van der Waals surface area contributed by atoms with Gasteiger partial charge in [-0.25, -0.2) is 9.59 Å². The lowest BCUT2D eigenvalue weighted by Crippen LogP contribution is -2.45. The molecule has 1 aromatic heterocycles. The molecule has 1 aliphatic rings. The minimum Gasteiger partial charge on any atom is -0.490 e. The largest absolute Gasteiger partial charge is 0.490 e. The summed E-state index contributed by atoms with van der Waals surface area (Å²) in [7, 11) is 1.28. The van der Waals surface area contributed by atoms with Crippen LogP contribution in [0.4, 0.5) is 4.79 Å². The summed E-state index contributed by atoms with van der Waals surface area (Å²) in [5.41, 5.74) is 7.78. The number of halogens is 2. The molecule has 0 saturated carbocycles. The van der Waals surface area contributed by atoms with E-state index in [0.717, 1.165) is 27.7 Å². The molecule has 0 fully saturated rings. The number of hydrogen-bond acceptors (Lipinski definition) is 8. The van der Waals surface area contributed by atoms with Gasteiger partial charge in [-0.1, -0.05) is 53.5 Å². The Kier molecular flexibility index (Phi) is 10.6. The molecule has 0 radical (unpaired) electrons. The van der Waals surface area contributed by atoms with Gasteiger partial charge in [-0.2, -0.15) is 5.10 Å². The Morgan fingerprint density at radius 2 is 1.89 bits per heavy atom. The van der Waals surface area contributed by atoms with E-state index in [1.54, 1.807) is 37.4 Å². The number of amides is 2. The molecule has 0 bridgehead atoms. The monoisotopic (exact) mass is 679 g/mol. The number of nitrogens with one attached hydrogen (secondary N) is 3. The van der Waals surface area contributed by atoms with Crippen LogP contribution in [0, 0.1) is 6.92 Å². The molecule has 47 heavy (non-hydrogen) atoms. The summed E-state index contributed by atoms with van der Waals surface area (Å²) >= 11 is 12.6. The van der Waals surface area contributed by atoms with Gasteiger partial charge >= 0.3 is 12.0 Å². The number of rotatable bonds is 12. The number of hydrogen-bond donors (Lipinski definition) is 4. The second-order valence-electron chi connectivity index (χ2n) is 10.8. The van der Waals surface area contributed by atoms with Crippen LogP contribution < -0.4 is 25.5 Å². The number of esters is 1. The van der Waals surface area contributed by atoms with Crippen molar-refractivity contribution in [2.24, 2.45) is 5.10 Å². The van der Waals surface area contributed by atoms with Gasteiger partial charge in [0.2, 0.25) is 0 Å². The maximum atomic E-state index is 12.5. The van der Waals surface area contributed by atoms with Gasteiger partial charge in [-0.3, -0.25) is 5.43 Å². The van der Waals surface area contributed by atoms with Crippen molar-refractivity contribution in [2.45, 2.75) is 39.6 Å². The molecule has 246 valence electrons. The topological polar surface area (TPSA) is 135 Å². The van der Waals surface area contributed by atoms with E-state index in [4.69, 9.17) is 37.4 Å². The van der Waals surface area contributed by atoms with E-state index in [2.05, 4.69) is 25.7 Å². The lowest BCUT2D eigenvalue weighted by Gasteiger charge is -2.28. The number of benzene rings is 3. The van der Waals surface area contributed by atoms with Crippen molar-refractivity contribution in [3.8, 4) is 11.5 Å². The third-order valence-electron chi connectivity index (χ3n) is 7.71. The average Bonchev–Trinajstić information content (AvgIpc) is 3.31. The van der Waals surface area contributed by atoms with Crippen molar-refractivity contribution >= 4 is 52.3 Å². The summed E-state index contributed by atoms with van der Waals surface area (Å²) in [6.45, 7) is 6.19. The zero-order valence-electron chi connectivity index (χ0n) is 26.3. The van der Waals surface area contributed by atoms with Gasteiger partial charge < -0.3 is 34.5 Å². The maximum absolute atomic E-state index is 12.5. The van der Waals surface area contributed by atoms with E-state index in [1.807, 2.05) is 50.2 Å². The summed E-state index contributed by atoms with van der Waals surface area (Å²) in [6, 6.07) is 17.3. The Morgan fingerprint density at radius 1 is 1.11 bits per heavy atom. The first-order valence-corrected chi connectivity index (χ1v) is 15.6. The summed E-state index contributed by atoms with van der Waals surface area (Å²) in [4.78, 5) is 24.7. The predicted octanol–water partition coefficient (Wildman–Crippen LogP) is 5.83. The Balaban J connectivity index is 1.29. The molecule has 2 heterocycles. The van der Waals surface area contributed by atoms with Crippen molar-refractivity contribution in [1.29, 1.82) is 0 Å². The summed E-state index contributed by atoms with van der Waals surface area (Å²) in [5.74, 6) is 0.166. The van der Waals surface area contributed by atoms with E-state index in [9.17, 15) is 14.7 Å². The fraction of sp³-hybridized carbons (Fsp3) is 0.265. The normalized spacial score (nSPS) is 15.4. The molecule has 0 unspecified atom stereocenters. The fourth-order valence-electron chi connectivity index (χ4n) is 5.45. The molecule has 4 aromatic rings. The van der Waals surface area contributed by atoms with E-state index < -0.39 is 24.3 Å². The van der Waals surface area contributed by atoms with Crippen LogP contribution >= 0.6 is 23.2 Å². The fourth-order valence-corrected chi connectivity index (χ4v) is 5.92. The number of hydrazone groups is 1. The van der Waals surface area contributed by atoms with Gasteiger partial charge in [0.1, 0.15) is 6.61 Å². The van der Waals surface area contributed by atoms with Crippen molar-refractivity contribution in [3.63, 3.8) is 0 Å². The molecular weight excluding hydrogens is 645 g/mol. The van der Waals surface area contributed by atoms with Gasteiger partial charge in [0.05, 0.1) is 31.5 Å². The summed E-state index contributed by atoms with van der Waals surface area (Å²) in [5, 5.41) is 22.5. The van der Waals surface area contributed by atoms with Gasteiger partial charge in [0, 0.05) is 44.4 Å². The Labute approximate surface area is 282 Å². The quantitative estimate of drug-likeness (QED) is 0.0641. The van der Waals surface area contributed by atoms with Crippen LogP contribution in [-0.2, 0) is 16.1 Å². The molecule has 0 spiro atoms.